The maximum atomic E-state index is 13.1. The van der Waals surface area contributed by atoms with Gasteiger partial charge >= 0.3 is 18.2 Å². The SMILES string of the molecule is [CH2]CCCCCCCCCCOC(F)(C(F)(F)F)C(F)(F)F. The molecule has 0 unspecified atom stereocenters. The summed E-state index contributed by atoms with van der Waals surface area (Å²) < 4.78 is 89.5. The quantitative estimate of drug-likeness (QED) is 0.325. The molecular weight excluding hydrogens is 317 g/mol. The van der Waals surface area contributed by atoms with Crippen molar-refractivity contribution in [2.24, 2.45) is 0 Å². The van der Waals surface area contributed by atoms with E-state index >= 15 is 0 Å². The Hall–Kier alpha value is -0.530. The van der Waals surface area contributed by atoms with Crippen LogP contribution in [0, 0.1) is 6.92 Å². The van der Waals surface area contributed by atoms with Crippen LogP contribution in [0.25, 0.3) is 0 Å². The third kappa shape index (κ3) is 7.15. The van der Waals surface area contributed by atoms with E-state index in [2.05, 4.69) is 11.7 Å². The second kappa shape index (κ2) is 9.57. The number of unbranched alkanes of at least 4 members (excludes halogenated alkanes) is 8. The molecule has 133 valence electrons. The van der Waals surface area contributed by atoms with Gasteiger partial charge < -0.3 is 4.74 Å². The Bertz CT molecular complexity index is 272. The number of hydrogen-bond donors (Lipinski definition) is 0. The summed E-state index contributed by atoms with van der Waals surface area (Å²) in [5, 5.41) is 0. The first-order valence-corrected chi connectivity index (χ1v) is 7.32. The highest BCUT2D eigenvalue weighted by molar-refractivity contribution is 4.85. The number of hydrogen-bond acceptors (Lipinski definition) is 1. The zero-order valence-electron chi connectivity index (χ0n) is 12.3. The summed E-state index contributed by atoms with van der Waals surface area (Å²) >= 11 is 0. The maximum absolute atomic E-state index is 13.1. The van der Waals surface area contributed by atoms with Crippen molar-refractivity contribution in [3.05, 3.63) is 6.92 Å². The van der Waals surface area contributed by atoms with Gasteiger partial charge in [-0.15, -0.1) is 0 Å². The zero-order valence-corrected chi connectivity index (χ0v) is 12.3. The molecule has 0 aromatic carbocycles. The Balaban J connectivity index is 3.89. The smallest absolute Gasteiger partial charge is 0.332 e. The lowest BCUT2D eigenvalue weighted by Gasteiger charge is -2.29. The fourth-order valence-corrected chi connectivity index (χ4v) is 1.88. The lowest BCUT2D eigenvalue weighted by Crippen LogP contribution is -2.55. The molecule has 0 fully saturated rings. The van der Waals surface area contributed by atoms with Crippen molar-refractivity contribution in [3.63, 3.8) is 0 Å². The van der Waals surface area contributed by atoms with Crippen molar-refractivity contribution in [2.75, 3.05) is 6.61 Å². The van der Waals surface area contributed by atoms with Crippen molar-refractivity contribution in [1.29, 1.82) is 0 Å². The minimum absolute atomic E-state index is 0.0449. The van der Waals surface area contributed by atoms with Crippen LogP contribution >= 0.6 is 0 Å². The standard InChI is InChI=1S/C14H22F7O/c1-2-3-4-5-6-7-8-9-10-11-22-12(15,13(16,17)18)14(19,20)21/h1-11H2. The molecule has 22 heavy (non-hydrogen) atoms. The summed E-state index contributed by atoms with van der Waals surface area (Å²) in [6.45, 7) is 2.78. The molecular formula is C14H22F7O. The minimum atomic E-state index is -6.14. The van der Waals surface area contributed by atoms with Crippen molar-refractivity contribution in [2.45, 2.75) is 76.0 Å². The molecule has 0 spiro atoms. The van der Waals surface area contributed by atoms with Crippen LogP contribution in [0.3, 0.4) is 0 Å². The molecule has 0 bridgehead atoms. The topological polar surface area (TPSA) is 9.23 Å². The van der Waals surface area contributed by atoms with Crippen LogP contribution in [-0.4, -0.2) is 24.8 Å². The Morgan fingerprint density at radius 1 is 0.591 bits per heavy atom. The van der Waals surface area contributed by atoms with Gasteiger partial charge in [0, 0.05) is 0 Å². The van der Waals surface area contributed by atoms with Crippen LogP contribution in [0.4, 0.5) is 30.7 Å². The Kier molecular flexibility index (Phi) is 9.34. The van der Waals surface area contributed by atoms with Crippen LogP contribution in [0.1, 0.15) is 57.8 Å². The second-order valence-corrected chi connectivity index (χ2v) is 5.12. The maximum Gasteiger partial charge on any atom is 0.458 e. The Labute approximate surface area is 126 Å². The molecule has 0 aliphatic heterocycles. The van der Waals surface area contributed by atoms with Crippen LogP contribution in [0.2, 0.25) is 0 Å². The third-order valence-corrected chi connectivity index (χ3v) is 3.17. The summed E-state index contributed by atoms with van der Waals surface area (Å²) in [6.07, 6.45) is -5.44. The molecule has 0 amide bonds. The van der Waals surface area contributed by atoms with E-state index in [1.54, 1.807) is 0 Å². The Morgan fingerprint density at radius 3 is 1.32 bits per heavy atom. The molecule has 0 aliphatic carbocycles. The summed E-state index contributed by atoms with van der Waals surface area (Å²) in [6, 6.07) is 0. The molecule has 0 N–H and O–H groups in total. The molecule has 0 aliphatic rings. The number of halogens is 7. The van der Waals surface area contributed by atoms with Crippen molar-refractivity contribution in [1.82, 2.24) is 0 Å². The second-order valence-electron chi connectivity index (χ2n) is 5.12. The first kappa shape index (κ1) is 21.5. The van der Waals surface area contributed by atoms with Gasteiger partial charge in [-0.05, 0) is 6.42 Å². The van der Waals surface area contributed by atoms with E-state index in [-0.39, 0.29) is 6.42 Å². The van der Waals surface area contributed by atoms with E-state index < -0.39 is 24.8 Å². The number of alkyl halides is 7. The van der Waals surface area contributed by atoms with E-state index in [9.17, 15) is 30.7 Å². The summed E-state index contributed by atoms with van der Waals surface area (Å²) in [4.78, 5) is 0. The van der Waals surface area contributed by atoms with Crippen molar-refractivity contribution < 1.29 is 35.5 Å². The third-order valence-electron chi connectivity index (χ3n) is 3.17. The van der Waals surface area contributed by atoms with Gasteiger partial charge in [-0.25, -0.2) is 0 Å². The van der Waals surface area contributed by atoms with Crippen molar-refractivity contribution in [3.8, 4) is 0 Å². The van der Waals surface area contributed by atoms with Gasteiger partial charge in [-0.2, -0.15) is 30.7 Å². The molecule has 0 rings (SSSR count). The van der Waals surface area contributed by atoms with E-state index in [1.807, 2.05) is 0 Å². The Morgan fingerprint density at radius 2 is 0.955 bits per heavy atom. The predicted octanol–water partition coefficient (Wildman–Crippen LogP) is 6.14. The molecule has 0 heterocycles. The summed E-state index contributed by atoms with van der Waals surface area (Å²) in [7, 11) is 0. The predicted molar refractivity (Wildman–Crippen MR) is 68.8 cm³/mol. The molecule has 1 nitrogen and oxygen atoms in total. The van der Waals surface area contributed by atoms with Crippen LogP contribution < -0.4 is 0 Å². The highest BCUT2D eigenvalue weighted by Crippen LogP contribution is 2.46. The highest BCUT2D eigenvalue weighted by Gasteiger charge is 2.74. The lowest BCUT2D eigenvalue weighted by atomic mass is 10.1. The van der Waals surface area contributed by atoms with E-state index in [0.29, 0.717) is 12.8 Å². The highest BCUT2D eigenvalue weighted by atomic mass is 19.4. The molecule has 0 aromatic rings. The van der Waals surface area contributed by atoms with E-state index in [4.69, 9.17) is 0 Å². The largest absolute Gasteiger partial charge is 0.458 e. The average Bonchev–Trinajstić information content (AvgIpc) is 2.38. The van der Waals surface area contributed by atoms with Gasteiger partial charge in [0.15, 0.2) is 0 Å². The van der Waals surface area contributed by atoms with Gasteiger partial charge in [0.05, 0.1) is 6.61 Å². The van der Waals surface area contributed by atoms with Crippen molar-refractivity contribution >= 4 is 0 Å². The number of rotatable bonds is 11. The van der Waals surface area contributed by atoms with Gasteiger partial charge in [0.2, 0.25) is 0 Å². The van der Waals surface area contributed by atoms with Gasteiger partial charge in [-0.1, -0.05) is 58.3 Å². The normalized spacial score (nSPS) is 13.6. The van der Waals surface area contributed by atoms with Crippen LogP contribution in [0.5, 0.6) is 0 Å². The molecule has 0 saturated carbocycles. The molecule has 0 atom stereocenters. The lowest BCUT2D eigenvalue weighted by molar-refractivity contribution is -0.430. The summed E-state index contributed by atoms with van der Waals surface area (Å²) in [5.74, 6) is -5.59. The van der Waals surface area contributed by atoms with Crippen LogP contribution in [-0.2, 0) is 4.74 Å². The molecule has 1 radical (unpaired) electrons. The van der Waals surface area contributed by atoms with Gasteiger partial charge in [0.1, 0.15) is 0 Å². The van der Waals surface area contributed by atoms with Crippen LogP contribution in [0.15, 0.2) is 0 Å². The van der Waals surface area contributed by atoms with E-state index in [0.717, 1.165) is 38.5 Å². The average molecular weight is 339 g/mol. The molecule has 0 aromatic heterocycles. The van der Waals surface area contributed by atoms with Gasteiger partial charge in [-0.3, -0.25) is 0 Å². The zero-order chi connectivity index (χ0) is 17.3. The molecule has 0 saturated heterocycles. The number of ether oxygens (including phenoxy) is 1. The fraction of sp³-hybridized carbons (Fsp3) is 0.929. The first-order chi connectivity index (χ1) is 10.1. The molecule has 8 heteroatoms. The van der Waals surface area contributed by atoms with Gasteiger partial charge in [0.25, 0.3) is 0 Å². The summed E-state index contributed by atoms with van der Waals surface area (Å²) in [5.41, 5.74) is 0. The first-order valence-electron chi connectivity index (χ1n) is 7.32. The monoisotopic (exact) mass is 339 g/mol. The fourth-order valence-electron chi connectivity index (χ4n) is 1.88. The minimum Gasteiger partial charge on any atom is -0.332 e. The van der Waals surface area contributed by atoms with E-state index in [1.165, 1.54) is 0 Å².